The average molecular weight is 443 g/mol. The van der Waals surface area contributed by atoms with E-state index in [9.17, 15) is 9.90 Å². The Hall–Kier alpha value is -3.84. The van der Waals surface area contributed by atoms with E-state index in [2.05, 4.69) is 15.3 Å². The molecule has 2 aromatic heterocycles. The lowest BCUT2D eigenvalue weighted by atomic mass is 9.97. The van der Waals surface area contributed by atoms with Crippen molar-refractivity contribution in [3.63, 3.8) is 0 Å². The Morgan fingerprint density at radius 1 is 1.12 bits per heavy atom. The maximum Gasteiger partial charge on any atom is 0.271 e. The van der Waals surface area contributed by atoms with E-state index in [0.717, 1.165) is 16.1 Å². The van der Waals surface area contributed by atoms with Crippen molar-refractivity contribution in [2.24, 2.45) is 0 Å². The van der Waals surface area contributed by atoms with Crippen LogP contribution in [0.2, 0.25) is 0 Å². The Bertz CT molecular complexity index is 1240. The fourth-order valence-electron chi connectivity index (χ4n) is 3.32. The molecule has 0 aliphatic carbocycles. The average Bonchev–Trinajstić information content (AvgIpc) is 3.30. The van der Waals surface area contributed by atoms with Crippen LogP contribution in [-0.2, 0) is 0 Å². The summed E-state index contributed by atoms with van der Waals surface area (Å²) in [5.41, 5.74) is 3.94. The molecule has 32 heavy (non-hydrogen) atoms. The number of hydrogen-bond donors (Lipinski definition) is 3. The number of pyridine rings is 1. The number of para-hydroxylation sites is 1. The van der Waals surface area contributed by atoms with Crippen molar-refractivity contribution < 1.29 is 9.90 Å². The third kappa shape index (κ3) is 4.90. The second kappa shape index (κ2) is 9.53. The summed E-state index contributed by atoms with van der Waals surface area (Å²) in [5, 5.41) is 24.3. The number of nitrogens with zero attached hydrogens (tertiary/aromatic N) is 2. The van der Waals surface area contributed by atoms with Crippen molar-refractivity contribution in [2.45, 2.75) is 19.4 Å². The normalized spacial score (nSPS) is 11.7. The number of carbonyl (C=O) groups excluding carboxylic acids is 1. The standard InChI is InChI=1S/C25H22N4O2S/c1-16-8-10-17(11-9-16)25-29-22(15-32-25)24(31)28-21(19-6-2-3-7-23(19)30)13-20(26)18-5-4-12-27-14-18/h2-12,14-15,21,26,30H,13H2,1H3,(H,28,31). The van der Waals surface area contributed by atoms with Gasteiger partial charge in [-0.15, -0.1) is 11.3 Å². The van der Waals surface area contributed by atoms with E-state index in [1.807, 2.05) is 31.2 Å². The van der Waals surface area contributed by atoms with Gasteiger partial charge in [-0.05, 0) is 19.1 Å². The monoisotopic (exact) mass is 442 g/mol. The van der Waals surface area contributed by atoms with E-state index < -0.39 is 6.04 Å². The molecule has 0 spiro atoms. The lowest BCUT2D eigenvalue weighted by Crippen LogP contribution is -2.30. The fraction of sp³-hybridized carbons (Fsp3) is 0.120. The van der Waals surface area contributed by atoms with E-state index in [0.29, 0.717) is 22.5 Å². The first kappa shape index (κ1) is 21.4. The van der Waals surface area contributed by atoms with Crippen LogP contribution in [0.15, 0.2) is 78.4 Å². The first-order chi connectivity index (χ1) is 15.5. The summed E-state index contributed by atoms with van der Waals surface area (Å²) in [6.07, 6.45) is 3.46. The van der Waals surface area contributed by atoms with Crippen molar-refractivity contribution in [2.75, 3.05) is 0 Å². The lowest BCUT2D eigenvalue weighted by molar-refractivity contribution is 0.0933. The number of thiazole rings is 1. The highest BCUT2D eigenvalue weighted by Gasteiger charge is 2.22. The van der Waals surface area contributed by atoms with E-state index in [4.69, 9.17) is 5.41 Å². The molecule has 0 bridgehead atoms. The minimum Gasteiger partial charge on any atom is -0.508 e. The summed E-state index contributed by atoms with van der Waals surface area (Å²) in [4.78, 5) is 21.6. The summed E-state index contributed by atoms with van der Waals surface area (Å²) < 4.78 is 0. The molecule has 2 heterocycles. The highest BCUT2D eigenvalue weighted by Crippen LogP contribution is 2.29. The van der Waals surface area contributed by atoms with Gasteiger partial charge in [-0.25, -0.2) is 4.98 Å². The van der Waals surface area contributed by atoms with Crippen LogP contribution in [-0.4, -0.2) is 26.7 Å². The molecule has 0 fully saturated rings. The van der Waals surface area contributed by atoms with Crippen LogP contribution in [0.3, 0.4) is 0 Å². The third-order valence-electron chi connectivity index (χ3n) is 5.07. The second-order valence-corrected chi connectivity index (χ2v) is 8.27. The first-order valence-corrected chi connectivity index (χ1v) is 11.0. The predicted octanol–water partition coefficient (Wildman–Crippen LogP) is 5.15. The Labute approximate surface area is 190 Å². The van der Waals surface area contributed by atoms with Gasteiger partial charge in [0.2, 0.25) is 0 Å². The molecule has 3 N–H and O–H groups in total. The van der Waals surface area contributed by atoms with Gasteiger partial charge in [-0.1, -0.05) is 54.1 Å². The van der Waals surface area contributed by atoms with Crippen molar-refractivity contribution in [3.8, 4) is 16.3 Å². The van der Waals surface area contributed by atoms with Crippen LogP contribution in [0.1, 0.15) is 39.6 Å². The molecule has 4 aromatic rings. The highest BCUT2D eigenvalue weighted by atomic mass is 32.1. The molecule has 160 valence electrons. The Morgan fingerprint density at radius 3 is 2.62 bits per heavy atom. The van der Waals surface area contributed by atoms with Gasteiger partial charge >= 0.3 is 0 Å². The number of amides is 1. The number of aryl methyl sites for hydroxylation is 1. The van der Waals surface area contributed by atoms with Crippen molar-refractivity contribution in [3.05, 3.63) is 101 Å². The molecular formula is C25H22N4O2S. The number of benzene rings is 2. The fourth-order valence-corrected chi connectivity index (χ4v) is 4.13. The van der Waals surface area contributed by atoms with Gasteiger partial charge in [0.1, 0.15) is 16.5 Å². The first-order valence-electron chi connectivity index (χ1n) is 10.1. The second-order valence-electron chi connectivity index (χ2n) is 7.41. The van der Waals surface area contributed by atoms with Gasteiger partial charge in [0.05, 0.1) is 6.04 Å². The predicted molar refractivity (Wildman–Crippen MR) is 126 cm³/mol. The summed E-state index contributed by atoms with van der Waals surface area (Å²) in [5.74, 6) is -0.290. The molecule has 0 aliphatic rings. The largest absolute Gasteiger partial charge is 0.508 e. The zero-order chi connectivity index (χ0) is 22.5. The van der Waals surface area contributed by atoms with E-state index in [1.54, 1.807) is 54.2 Å². The summed E-state index contributed by atoms with van der Waals surface area (Å²) in [6, 6.07) is 17.8. The van der Waals surface area contributed by atoms with E-state index >= 15 is 0 Å². The molecule has 2 aromatic carbocycles. The molecule has 0 saturated carbocycles. The number of phenols is 1. The number of rotatable bonds is 7. The third-order valence-corrected chi connectivity index (χ3v) is 5.96. The molecule has 1 atom stereocenters. The molecule has 1 unspecified atom stereocenters. The van der Waals surface area contributed by atoms with Crippen LogP contribution < -0.4 is 5.32 Å². The lowest BCUT2D eigenvalue weighted by Gasteiger charge is -2.20. The number of carbonyl (C=O) groups is 1. The summed E-state index contributed by atoms with van der Waals surface area (Å²) in [7, 11) is 0. The van der Waals surface area contributed by atoms with Gasteiger partial charge in [0, 0.05) is 46.6 Å². The van der Waals surface area contributed by atoms with Crippen LogP contribution >= 0.6 is 11.3 Å². The van der Waals surface area contributed by atoms with Crippen molar-refractivity contribution >= 4 is 23.0 Å². The van der Waals surface area contributed by atoms with Gasteiger partial charge < -0.3 is 15.8 Å². The number of aromatic nitrogens is 2. The minimum absolute atomic E-state index is 0.0652. The maximum atomic E-state index is 13.0. The topological polar surface area (TPSA) is 99.0 Å². The molecule has 6 nitrogen and oxygen atoms in total. The number of nitrogens with one attached hydrogen (secondary N) is 2. The van der Waals surface area contributed by atoms with E-state index in [1.165, 1.54) is 11.3 Å². The Morgan fingerprint density at radius 2 is 1.91 bits per heavy atom. The quantitative estimate of drug-likeness (QED) is 0.345. The Balaban J connectivity index is 1.57. The van der Waals surface area contributed by atoms with Crippen LogP contribution in [0.25, 0.3) is 10.6 Å². The van der Waals surface area contributed by atoms with Crippen molar-refractivity contribution in [1.82, 2.24) is 15.3 Å². The van der Waals surface area contributed by atoms with Gasteiger partial charge in [0.15, 0.2) is 0 Å². The van der Waals surface area contributed by atoms with Gasteiger partial charge in [0.25, 0.3) is 5.91 Å². The summed E-state index contributed by atoms with van der Waals surface area (Å²) in [6.45, 7) is 2.02. The highest BCUT2D eigenvalue weighted by molar-refractivity contribution is 7.13. The number of aromatic hydroxyl groups is 1. The zero-order valence-corrected chi connectivity index (χ0v) is 18.3. The van der Waals surface area contributed by atoms with Gasteiger partial charge in [-0.2, -0.15) is 0 Å². The SMILES string of the molecule is Cc1ccc(-c2nc(C(=O)NC(CC(=N)c3cccnc3)c3ccccc3O)cs2)cc1. The maximum absolute atomic E-state index is 13.0. The van der Waals surface area contributed by atoms with E-state index in [-0.39, 0.29) is 18.1 Å². The van der Waals surface area contributed by atoms with Crippen LogP contribution in [0.4, 0.5) is 0 Å². The molecular weight excluding hydrogens is 420 g/mol. The molecule has 0 aliphatic heterocycles. The summed E-state index contributed by atoms with van der Waals surface area (Å²) >= 11 is 1.40. The Kier molecular flexibility index (Phi) is 6.37. The number of hydrogen-bond acceptors (Lipinski definition) is 6. The number of phenolic OH excluding ortho intramolecular Hbond substituents is 1. The zero-order valence-electron chi connectivity index (χ0n) is 17.4. The smallest absolute Gasteiger partial charge is 0.271 e. The molecule has 0 radical (unpaired) electrons. The van der Waals surface area contributed by atoms with Crippen molar-refractivity contribution in [1.29, 1.82) is 5.41 Å². The van der Waals surface area contributed by atoms with Crippen LogP contribution in [0.5, 0.6) is 5.75 Å². The molecule has 7 heteroatoms. The molecule has 0 saturated heterocycles. The molecule has 4 rings (SSSR count). The van der Waals surface area contributed by atoms with Gasteiger partial charge in [-0.3, -0.25) is 9.78 Å². The van der Waals surface area contributed by atoms with Crippen LogP contribution in [0, 0.1) is 12.3 Å². The minimum atomic E-state index is -0.596. The molecule has 1 amide bonds.